The number of carbonyl (C=O) groups is 1. The van der Waals surface area contributed by atoms with E-state index in [1.807, 2.05) is 30.3 Å². The van der Waals surface area contributed by atoms with Gasteiger partial charge in [0.1, 0.15) is 12.4 Å². The summed E-state index contributed by atoms with van der Waals surface area (Å²) in [7, 11) is -2.31. The van der Waals surface area contributed by atoms with Crippen LogP contribution in [0.2, 0.25) is 0 Å². The van der Waals surface area contributed by atoms with Crippen LogP contribution in [0, 0.1) is 0 Å². The Morgan fingerprint density at radius 1 is 1.24 bits per heavy atom. The molecule has 0 radical (unpaired) electrons. The topological polar surface area (TPSA) is 87.2 Å². The highest BCUT2D eigenvalue weighted by molar-refractivity contribution is 7.89. The predicted molar refractivity (Wildman–Crippen MR) is 112 cm³/mol. The maximum Gasteiger partial charge on any atom is 0.274 e. The molecule has 1 N–H and O–H groups in total. The summed E-state index contributed by atoms with van der Waals surface area (Å²) in [5.41, 5.74) is 0.613. The number of benzene rings is 2. The molecule has 0 aromatic heterocycles. The van der Waals surface area contributed by atoms with Crippen molar-refractivity contribution in [3.8, 4) is 5.75 Å². The molecular weight excluding hydrogens is 412 g/mol. The molecule has 2 heterocycles. The van der Waals surface area contributed by atoms with Crippen molar-refractivity contribution in [3.05, 3.63) is 54.1 Å². The van der Waals surface area contributed by atoms with Gasteiger partial charge in [0.25, 0.3) is 5.91 Å². The van der Waals surface area contributed by atoms with E-state index >= 15 is 0 Å². The Kier molecular flexibility index (Phi) is 5.10. The predicted octanol–water partition coefficient (Wildman–Crippen LogP) is 1.97. The summed E-state index contributed by atoms with van der Waals surface area (Å²) in [4.78, 5) is 11.4. The van der Waals surface area contributed by atoms with E-state index in [0.717, 1.165) is 6.42 Å². The molecule has 2 aliphatic heterocycles. The largest absolute Gasteiger partial charge is 0.492 e. The van der Waals surface area contributed by atoms with Crippen LogP contribution in [-0.4, -0.2) is 50.0 Å². The number of sulfonamides is 1. The summed E-state index contributed by atoms with van der Waals surface area (Å²) in [6, 6.07) is 13.3. The molecule has 0 saturated carbocycles. The minimum atomic E-state index is -3.82. The van der Waals surface area contributed by atoms with Gasteiger partial charge in [-0.3, -0.25) is 4.79 Å². The van der Waals surface area contributed by atoms with Gasteiger partial charge in [-0.2, -0.15) is 4.31 Å². The first kappa shape index (κ1) is 20.2. The normalized spacial score (nSPS) is 24.7. The lowest BCUT2D eigenvalue weighted by Gasteiger charge is -2.25. The fourth-order valence-electron chi connectivity index (χ4n) is 3.84. The van der Waals surface area contributed by atoms with E-state index in [2.05, 4.69) is 12.6 Å². The monoisotopic (exact) mass is 434 g/mol. The zero-order chi connectivity index (χ0) is 20.8. The third kappa shape index (κ3) is 3.42. The Balaban J connectivity index is 1.60. The Bertz CT molecular complexity index is 1040. The molecule has 154 valence electrons. The van der Waals surface area contributed by atoms with E-state index in [1.165, 1.54) is 34.5 Å². The molecule has 1 saturated heterocycles. The highest BCUT2D eigenvalue weighted by Gasteiger charge is 2.47. The Labute approximate surface area is 175 Å². The quantitative estimate of drug-likeness (QED) is 0.555. The molecule has 4 rings (SSSR count). The number of aliphatic hydroxyl groups is 1. The summed E-state index contributed by atoms with van der Waals surface area (Å²) in [6.07, 6.45) is 1.44. The van der Waals surface area contributed by atoms with E-state index in [1.54, 1.807) is 0 Å². The second-order valence-electron chi connectivity index (χ2n) is 7.25. The van der Waals surface area contributed by atoms with Gasteiger partial charge in [0.15, 0.2) is 0 Å². The van der Waals surface area contributed by atoms with Gasteiger partial charge in [0, 0.05) is 19.2 Å². The number of likely N-dealkylation sites (N-methyl/N-ethyl adjacent to an activating group) is 1. The van der Waals surface area contributed by atoms with E-state index in [-0.39, 0.29) is 23.1 Å². The molecule has 0 spiro atoms. The van der Waals surface area contributed by atoms with E-state index in [0.29, 0.717) is 24.4 Å². The van der Waals surface area contributed by atoms with Crippen LogP contribution in [0.3, 0.4) is 0 Å². The van der Waals surface area contributed by atoms with Crippen LogP contribution < -0.4 is 9.64 Å². The van der Waals surface area contributed by atoms with Crippen molar-refractivity contribution in [1.82, 2.24) is 4.31 Å². The number of ether oxygens (including phenoxy) is 1. The van der Waals surface area contributed by atoms with Crippen molar-refractivity contribution in [3.63, 3.8) is 0 Å². The molecule has 0 unspecified atom stereocenters. The van der Waals surface area contributed by atoms with Gasteiger partial charge in [-0.25, -0.2) is 8.42 Å². The number of carbonyl (C=O) groups excluding carboxylic acids is 1. The molecule has 2 atom stereocenters. The van der Waals surface area contributed by atoms with Crippen molar-refractivity contribution in [2.75, 3.05) is 25.1 Å². The molecule has 29 heavy (non-hydrogen) atoms. The van der Waals surface area contributed by atoms with Gasteiger partial charge < -0.3 is 14.7 Å². The molecule has 0 bridgehead atoms. The zero-order valence-electron chi connectivity index (χ0n) is 15.9. The summed E-state index contributed by atoms with van der Waals surface area (Å²) < 4.78 is 33.8. The van der Waals surface area contributed by atoms with Gasteiger partial charge in [0.2, 0.25) is 15.0 Å². The number of hydrogen-bond donors (Lipinski definition) is 2. The number of rotatable bonds is 5. The highest BCUT2D eigenvalue weighted by atomic mass is 32.2. The number of amides is 1. The Hall–Kier alpha value is -2.07. The fourth-order valence-corrected chi connectivity index (χ4v) is 5.88. The molecular formula is C20H22N2O5S2. The third-order valence-corrected chi connectivity index (χ3v) is 7.80. The Morgan fingerprint density at radius 3 is 2.69 bits per heavy atom. The van der Waals surface area contributed by atoms with Crippen molar-refractivity contribution < 1.29 is 23.1 Å². The first-order chi connectivity index (χ1) is 13.7. The van der Waals surface area contributed by atoms with Crippen LogP contribution in [0.15, 0.2) is 53.4 Å². The molecule has 7 nitrogen and oxygen atoms in total. The summed E-state index contributed by atoms with van der Waals surface area (Å²) in [5.74, 6) is 0.0802. The van der Waals surface area contributed by atoms with Crippen LogP contribution >= 0.6 is 12.6 Å². The average molecular weight is 435 g/mol. The van der Waals surface area contributed by atoms with Gasteiger partial charge in [-0.05, 0) is 43.2 Å². The van der Waals surface area contributed by atoms with Crippen LogP contribution in [0.4, 0.5) is 5.69 Å². The SMILES string of the molecule is CN1C(=O)[C@](O)(S)c2cc(S(=O)(=O)N3CCC[C@H]3COc3ccccc3)ccc21. The number of para-hydroxylation sites is 1. The lowest BCUT2D eigenvalue weighted by atomic mass is 10.1. The van der Waals surface area contributed by atoms with Crippen molar-refractivity contribution in [2.45, 2.75) is 28.7 Å². The number of hydrogen-bond acceptors (Lipinski definition) is 6. The third-order valence-electron chi connectivity index (χ3n) is 5.42. The van der Waals surface area contributed by atoms with E-state index < -0.39 is 20.9 Å². The maximum absolute atomic E-state index is 13.3. The second kappa shape index (κ2) is 7.32. The fraction of sp³-hybridized carbons (Fsp3) is 0.350. The first-order valence-corrected chi connectivity index (χ1v) is 11.2. The smallest absolute Gasteiger partial charge is 0.274 e. The molecule has 2 aromatic rings. The lowest BCUT2D eigenvalue weighted by Crippen LogP contribution is -2.39. The van der Waals surface area contributed by atoms with Gasteiger partial charge in [0.05, 0.1) is 16.6 Å². The standard InChI is InChI=1S/C20H22N2O5S2/c1-21-18-10-9-16(12-17(18)20(24,28)19(21)23)29(25,26)22-11-5-6-14(22)13-27-15-7-3-2-4-8-15/h2-4,7-10,12,14,24,28H,5-6,11,13H2,1H3/t14-,20+/m0/s1. The van der Waals surface area contributed by atoms with Crippen LogP contribution in [0.25, 0.3) is 0 Å². The van der Waals surface area contributed by atoms with Crippen molar-refractivity contribution >= 4 is 34.2 Å². The minimum Gasteiger partial charge on any atom is -0.492 e. The number of anilines is 1. The number of thiol groups is 1. The molecule has 1 fully saturated rings. The summed E-state index contributed by atoms with van der Waals surface area (Å²) >= 11 is 4.06. The zero-order valence-corrected chi connectivity index (χ0v) is 17.6. The van der Waals surface area contributed by atoms with Gasteiger partial charge in [-0.1, -0.05) is 18.2 Å². The van der Waals surface area contributed by atoms with Crippen LogP contribution in [0.5, 0.6) is 5.75 Å². The number of nitrogens with zero attached hydrogens (tertiary/aromatic N) is 2. The minimum absolute atomic E-state index is 0.0263. The average Bonchev–Trinajstić information content (AvgIpc) is 3.26. The van der Waals surface area contributed by atoms with Crippen LogP contribution in [-0.2, 0) is 19.8 Å². The molecule has 2 aliphatic rings. The first-order valence-electron chi connectivity index (χ1n) is 9.30. The lowest BCUT2D eigenvalue weighted by molar-refractivity contribution is -0.127. The van der Waals surface area contributed by atoms with Crippen molar-refractivity contribution in [2.24, 2.45) is 0 Å². The highest BCUT2D eigenvalue weighted by Crippen LogP contribution is 2.43. The van der Waals surface area contributed by atoms with E-state index in [9.17, 15) is 18.3 Å². The summed E-state index contributed by atoms with van der Waals surface area (Å²) in [5, 5.41) is 10.4. The number of fused-ring (bicyclic) bond motifs is 1. The Morgan fingerprint density at radius 2 is 1.97 bits per heavy atom. The van der Waals surface area contributed by atoms with Gasteiger partial charge in [-0.15, -0.1) is 12.6 Å². The molecule has 0 aliphatic carbocycles. The molecule has 1 amide bonds. The molecule has 2 aromatic carbocycles. The van der Waals surface area contributed by atoms with Gasteiger partial charge >= 0.3 is 0 Å². The molecule has 9 heteroatoms. The van der Waals surface area contributed by atoms with Crippen molar-refractivity contribution in [1.29, 1.82) is 0 Å². The second-order valence-corrected chi connectivity index (χ2v) is 9.79. The van der Waals surface area contributed by atoms with Crippen LogP contribution in [0.1, 0.15) is 18.4 Å². The summed E-state index contributed by atoms with van der Waals surface area (Å²) in [6.45, 7) is 0.651. The van der Waals surface area contributed by atoms with E-state index in [4.69, 9.17) is 4.74 Å². The maximum atomic E-state index is 13.3.